The quantitative estimate of drug-likeness (QED) is 0.264. The molecular weight excluding hydrogens is 268 g/mol. The smallest absolute Gasteiger partial charge is 0.331 e. The van der Waals surface area contributed by atoms with E-state index in [9.17, 15) is 10.1 Å². The Kier molecular flexibility index (Phi) is 4.31. The molecule has 0 radical (unpaired) electrons. The van der Waals surface area contributed by atoms with E-state index in [1.54, 1.807) is 0 Å². The summed E-state index contributed by atoms with van der Waals surface area (Å²) in [6, 6.07) is 1.16. The summed E-state index contributed by atoms with van der Waals surface area (Å²) >= 11 is 0. The molecule has 0 spiro atoms. The van der Waals surface area contributed by atoms with E-state index in [4.69, 9.17) is 20.4 Å². The van der Waals surface area contributed by atoms with Crippen molar-refractivity contribution in [1.82, 2.24) is 4.98 Å². The van der Waals surface area contributed by atoms with E-state index in [2.05, 4.69) is 10.1 Å². The van der Waals surface area contributed by atoms with Gasteiger partial charge in [-0.1, -0.05) is 5.16 Å². The number of rotatable bonds is 5. The Hall–Kier alpha value is -2.42. The summed E-state index contributed by atoms with van der Waals surface area (Å²) in [5.41, 5.74) is 5.19. The van der Waals surface area contributed by atoms with Gasteiger partial charge in [0.25, 0.3) is 5.88 Å². The number of nitro groups is 1. The van der Waals surface area contributed by atoms with Crippen molar-refractivity contribution in [3.05, 3.63) is 27.9 Å². The van der Waals surface area contributed by atoms with Crippen LogP contribution in [0, 0.1) is 16.0 Å². The summed E-state index contributed by atoms with van der Waals surface area (Å²) in [5, 5.41) is 22.3. The molecule has 0 aliphatic carbocycles. The second-order valence-electron chi connectivity index (χ2n) is 4.33. The highest BCUT2D eigenvalue weighted by Gasteiger charge is 2.22. The van der Waals surface area contributed by atoms with Gasteiger partial charge in [-0.15, -0.1) is 0 Å². The molecular formula is C11H14N4O5. The Morgan fingerprint density at radius 2 is 2.55 bits per heavy atom. The minimum absolute atomic E-state index is 0.0867. The molecule has 2 rings (SSSR count). The fourth-order valence-corrected chi connectivity index (χ4v) is 1.79. The molecule has 2 heterocycles. The van der Waals surface area contributed by atoms with Gasteiger partial charge in [0.2, 0.25) is 0 Å². The molecule has 1 aromatic rings. The molecule has 0 aromatic carbocycles. The van der Waals surface area contributed by atoms with Gasteiger partial charge >= 0.3 is 5.69 Å². The van der Waals surface area contributed by atoms with Crippen molar-refractivity contribution in [2.75, 3.05) is 19.8 Å². The van der Waals surface area contributed by atoms with Crippen LogP contribution < -0.4 is 10.5 Å². The van der Waals surface area contributed by atoms with Gasteiger partial charge < -0.3 is 20.4 Å². The molecule has 1 unspecified atom stereocenters. The Morgan fingerprint density at radius 1 is 1.75 bits per heavy atom. The zero-order valence-electron chi connectivity index (χ0n) is 10.6. The Morgan fingerprint density at radius 3 is 3.15 bits per heavy atom. The lowest BCUT2D eigenvalue weighted by Gasteiger charge is -2.10. The zero-order chi connectivity index (χ0) is 14.5. The molecule has 108 valence electrons. The van der Waals surface area contributed by atoms with Gasteiger partial charge in [0.15, 0.2) is 5.84 Å². The number of hydrogen-bond acceptors (Lipinski definition) is 7. The van der Waals surface area contributed by atoms with Gasteiger partial charge in [-0.25, -0.2) is 4.98 Å². The molecule has 0 saturated carbocycles. The Labute approximate surface area is 114 Å². The third-order valence-electron chi connectivity index (χ3n) is 2.91. The predicted octanol–water partition coefficient (Wildman–Crippen LogP) is 0.500. The number of aromatic nitrogens is 1. The van der Waals surface area contributed by atoms with E-state index < -0.39 is 4.92 Å². The maximum Gasteiger partial charge on any atom is 0.331 e. The van der Waals surface area contributed by atoms with E-state index in [0.29, 0.717) is 19.8 Å². The normalized spacial score (nSPS) is 19.0. The van der Waals surface area contributed by atoms with Crippen LogP contribution in [0.1, 0.15) is 12.0 Å². The van der Waals surface area contributed by atoms with Crippen molar-refractivity contribution in [1.29, 1.82) is 0 Å². The van der Waals surface area contributed by atoms with E-state index in [-0.39, 0.29) is 28.9 Å². The van der Waals surface area contributed by atoms with Crippen molar-refractivity contribution < 1.29 is 19.6 Å². The number of pyridine rings is 1. The fourth-order valence-electron chi connectivity index (χ4n) is 1.79. The third kappa shape index (κ3) is 3.12. The maximum absolute atomic E-state index is 11.0. The highest BCUT2D eigenvalue weighted by Crippen LogP contribution is 2.26. The van der Waals surface area contributed by atoms with Gasteiger partial charge in [-0.2, -0.15) is 0 Å². The van der Waals surface area contributed by atoms with Crippen molar-refractivity contribution in [2.24, 2.45) is 16.8 Å². The average molecular weight is 282 g/mol. The number of ether oxygens (including phenoxy) is 2. The molecule has 9 nitrogen and oxygen atoms in total. The summed E-state index contributed by atoms with van der Waals surface area (Å²) in [5.74, 6) is -0.132. The summed E-state index contributed by atoms with van der Waals surface area (Å²) < 4.78 is 10.6. The van der Waals surface area contributed by atoms with Crippen LogP contribution >= 0.6 is 0 Å². The SMILES string of the molecule is NC(=NO)c1cnc(OCC2CCOC2)c([N+](=O)[O-])c1. The lowest BCUT2D eigenvalue weighted by Crippen LogP contribution is -2.16. The summed E-state index contributed by atoms with van der Waals surface area (Å²) in [6.45, 7) is 1.55. The van der Waals surface area contributed by atoms with Gasteiger partial charge in [0.1, 0.15) is 0 Å². The lowest BCUT2D eigenvalue weighted by atomic mass is 10.1. The average Bonchev–Trinajstić information content (AvgIpc) is 2.97. The highest BCUT2D eigenvalue weighted by atomic mass is 16.6. The molecule has 1 aliphatic heterocycles. The Bertz CT molecular complexity index is 528. The minimum Gasteiger partial charge on any atom is -0.472 e. The second kappa shape index (κ2) is 6.15. The first-order valence-electron chi connectivity index (χ1n) is 5.94. The van der Waals surface area contributed by atoms with Crippen LogP contribution in [-0.4, -0.2) is 40.8 Å². The number of amidine groups is 1. The fraction of sp³-hybridized carbons (Fsp3) is 0.455. The van der Waals surface area contributed by atoms with Gasteiger partial charge in [-0.3, -0.25) is 10.1 Å². The maximum atomic E-state index is 11.0. The second-order valence-corrected chi connectivity index (χ2v) is 4.33. The molecule has 9 heteroatoms. The number of nitrogens with two attached hydrogens (primary N) is 1. The summed E-state index contributed by atoms with van der Waals surface area (Å²) in [7, 11) is 0. The topological polar surface area (TPSA) is 133 Å². The first-order chi connectivity index (χ1) is 9.61. The molecule has 0 bridgehead atoms. The third-order valence-corrected chi connectivity index (χ3v) is 2.91. The van der Waals surface area contributed by atoms with Gasteiger partial charge in [0, 0.05) is 30.4 Å². The largest absolute Gasteiger partial charge is 0.472 e. The van der Waals surface area contributed by atoms with E-state index in [1.165, 1.54) is 6.20 Å². The molecule has 0 amide bonds. The van der Waals surface area contributed by atoms with Gasteiger partial charge in [-0.05, 0) is 6.42 Å². The van der Waals surface area contributed by atoms with Crippen molar-refractivity contribution in [3.63, 3.8) is 0 Å². The van der Waals surface area contributed by atoms with Crippen LogP contribution in [0.15, 0.2) is 17.4 Å². The summed E-state index contributed by atoms with van der Waals surface area (Å²) in [4.78, 5) is 14.2. The molecule has 3 N–H and O–H groups in total. The summed E-state index contributed by atoms with van der Waals surface area (Å²) in [6.07, 6.45) is 2.11. The van der Waals surface area contributed by atoms with E-state index in [0.717, 1.165) is 12.5 Å². The van der Waals surface area contributed by atoms with Crippen LogP contribution in [0.2, 0.25) is 0 Å². The van der Waals surface area contributed by atoms with Crippen LogP contribution in [0.5, 0.6) is 5.88 Å². The van der Waals surface area contributed by atoms with Crippen molar-refractivity contribution in [2.45, 2.75) is 6.42 Å². The van der Waals surface area contributed by atoms with Crippen molar-refractivity contribution in [3.8, 4) is 5.88 Å². The molecule has 1 atom stereocenters. The highest BCUT2D eigenvalue weighted by molar-refractivity contribution is 5.97. The first-order valence-corrected chi connectivity index (χ1v) is 5.94. The Balaban J connectivity index is 2.16. The minimum atomic E-state index is -0.623. The van der Waals surface area contributed by atoms with E-state index >= 15 is 0 Å². The van der Waals surface area contributed by atoms with Crippen LogP contribution in [0.4, 0.5) is 5.69 Å². The molecule has 1 aliphatic rings. The zero-order valence-corrected chi connectivity index (χ0v) is 10.6. The molecule has 20 heavy (non-hydrogen) atoms. The van der Waals surface area contributed by atoms with Crippen LogP contribution in [0.3, 0.4) is 0 Å². The number of nitrogens with zero attached hydrogens (tertiary/aromatic N) is 3. The van der Waals surface area contributed by atoms with Crippen LogP contribution in [-0.2, 0) is 4.74 Å². The first kappa shape index (κ1) is 14.0. The van der Waals surface area contributed by atoms with Gasteiger partial charge in [0.05, 0.1) is 18.1 Å². The molecule has 1 saturated heterocycles. The van der Waals surface area contributed by atoms with Crippen molar-refractivity contribution >= 4 is 11.5 Å². The number of oxime groups is 1. The van der Waals surface area contributed by atoms with Crippen LogP contribution in [0.25, 0.3) is 0 Å². The van der Waals surface area contributed by atoms with E-state index in [1.807, 2.05) is 0 Å². The number of hydrogen-bond donors (Lipinski definition) is 2. The lowest BCUT2D eigenvalue weighted by molar-refractivity contribution is -0.386. The molecule has 1 aromatic heterocycles. The standard InChI is InChI=1S/C11H14N4O5/c12-10(14-16)8-3-9(15(17)18)11(13-4-8)20-6-7-1-2-19-5-7/h3-4,7,16H,1-2,5-6H2,(H2,12,14). The predicted molar refractivity (Wildman–Crippen MR) is 67.8 cm³/mol. The molecule has 1 fully saturated rings. The monoisotopic (exact) mass is 282 g/mol.